The molecule has 1 aliphatic carbocycles. The van der Waals surface area contributed by atoms with Gasteiger partial charge in [0.05, 0.1) is 6.61 Å². The SMILES string of the molecule is CC(NC1CCC(N2C(=O)CCC2=O)CC1)c1cccc(CO)c1. The first-order chi connectivity index (χ1) is 11.6. The topological polar surface area (TPSA) is 69.6 Å². The van der Waals surface area contributed by atoms with Crippen molar-refractivity contribution in [3.8, 4) is 0 Å². The van der Waals surface area contributed by atoms with Crippen LogP contribution in [0.15, 0.2) is 24.3 Å². The van der Waals surface area contributed by atoms with Gasteiger partial charge >= 0.3 is 0 Å². The number of benzene rings is 1. The molecular weight excluding hydrogens is 304 g/mol. The quantitative estimate of drug-likeness (QED) is 0.813. The van der Waals surface area contributed by atoms with Gasteiger partial charge in [-0.3, -0.25) is 14.5 Å². The molecule has 0 bridgehead atoms. The predicted octanol–water partition coefficient (Wildman–Crippen LogP) is 2.29. The van der Waals surface area contributed by atoms with Crippen LogP contribution in [0.1, 0.15) is 62.6 Å². The number of aliphatic hydroxyl groups excluding tert-OH is 1. The molecule has 0 aromatic heterocycles. The van der Waals surface area contributed by atoms with Crippen LogP contribution in [-0.2, 0) is 16.2 Å². The second-order valence-corrected chi connectivity index (χ2v) is 6.95. The minimum Gasteiger partial charge on any atom is -0.392 e. The van der Waals surface area contributed by atoms with E-state index in [0.29, 0.717) is 18.9 Å². The first kappa shape index (κ1) is 17.1. The van der Waals surface area contributed by atoms with Crippen molar-refractivity contribution in [2.45, 2.75) is 70.2 Å². The van der Waals surface area contributed by atoms with E-state index in [1.165, 1.54) is 10.5 Å². The summed E-state index contributed by atoms with van der Waals surface area (Å²) in [6.45, 7) is 2.19. The first-order valence-electron chi connectivity index (χ1n) is 8.89. The Morgan fingerprint density at radius 2 is 1.83 bits per heavy atom. The number of carbonyl (C=O) groups is 2. The lowest BCUT2D eigenvalue weighted by Gasteiger charge is -2.35. The van der Waals surface area contributed by atoms with Gasteiger partial charge in [0.25, 0.3) is 0 Å². The van der Waals surface area contributed by atoms with Crippen LogP contribution in [0.2, 0.25) is 0 Å². The lowest BCUT2D eigenvalue weighted by atomic mass is 9.89. The maximum Gasteiger partial charge on any atom is 0.229 e. The third kappa shape index (κ3) is 3.68. The molecule has 1 saturated carbocycles. The summed E-state index contributed by atoms with van der Waals surface area (Å²) in [7, 11) is 0. The summed E-state index contributed by atoms with van der Waals surface area (Å²) >= 11 is 0. The second kappa shape index (κ2) is 7.45. The van der Waals surface area contributed by atoms with Crippen molar-refractivity contribution >= 4 is 11.8 Å². The van der Waals surface area contributed by atoms with E-state index in [1.807, 2.05) is 18.2 Å². The van der Waals surface area contributed by atoms with E-state index in [4.69, 9.17) is 0 Å². The van der Waals surface area contributed by atoms with Crippen LogP contribution in [0.4, 0.5) is 0 Å². The number of nitrogens with one attached hydrogen (secondary N) is 1. The summed E-state index contributed by atoms with van der Waals surface area (Å²) in [6, 6.07) is 8.72. The Morgan fingerprint density at radius 3 is 2.46 bits per heavy atom. The van der Waals surface area contributed by atoms with Gasteiger partial charge in [0.15, 0.2) is 0 Å². The highest BCUT2D eigenvalue weighted by Gasteiger charge is 2.36. The molecule has 5 heteroatoms. The highest BCUT2D eigenvalue weighted by molar-refractivity contribution is 6.02. The van der Waals surface area contributed by atoms with Gasteiger partial charge in [0.1, 0.15) is 0 Å². The number of amides is 2. The van der Waals surface area contributed by atoms with Crippen molar-refractivity contribution in [3.05, 3.63) is 35.4 Å². The summed E-state index contributed by atoms with van der Waals surface area (Å²) in [4.78, 5) is 25.2. The number of likely N-dealkylation sites (tertiary alicyclic amines) is 1. The van der Waals surface area contributed by atoms with Gasteiger partial charge in [-0.1, -0.05) is 24.3 Å². The lowest BCUT2D eigenvalue weighted by Crippen LogP contribution is -2.45. The molecule has 1 atom stereocenters. The molecule has 0 radical (unpaired) electrons. The van der Waals surface area contributed by atoms with Crippen molar-refractivity contribution < 1.29 is 14.7 Å². The van der Waals surface area contributed by atoms with Gasteiger partial charge in [-0.25, -0.2) is 0 Å². The van der Waals surface area contributed by atoms with Gasteiger partial charge in [0, 0.05) is 31.0 Å². The van der Waals surface area contributed by atoms with Crippen molar-refractivity contribution in [3.63, 3.8) is 0 Å². The van der Waals surface area contributed by atoms with E-state index < -0.39 is 0 Å². The zero-order valence-corrected chi connectivity index (χ0v) is 14.2. The van der Waals surface area contributed by atoms with Crippen LogP contribution in [0.5, 0.6) is 0 Å². The Morgan fingerprint density at radius 1 is 1.17 bits per heavy atom. The van der Waals surface area contributed by atoms with Gasteiger partial charge < -0.3 is 10.4 Å². The normalized spacial score (nSPS) is 26.0. The number of nitrogens with zero attached hydrogens (tertiary/aromatic N) is 1. The number of imide groups is 1. The fourth-order valence-electron chi connectivity index (χ4n) is 3.91. The Balaban J connectivity index is 1.53. The smallest absolute Gasteiger partial charge is 0.229 e. The van der Waals surface area contributed by atoms with E-state index in [-0.39, 0.29) is 30.5 Å². The first-order valence-corrected chi connectivity index (χ1v) is 8.89. The lowest BCUT2D eigenvalue weighted by molar-refractivity contribution is -0.141. The minimum absolute atomic E-state index is 0.00518. The van der Waals surface area contributed by atoms with Crippen LogP contribution in [0.3, 0.4) is 0 Å². The van der Waals surface area contributed by atoms with Crippen molar-refractivity contribution in [2.24, 2.45) is 0 Å². The maximum atomic E-state index is 11.9. The molecule has 2 aliphatic rings. The van der Waals surface area contributed by atoms with Crippen LogP contribution in [0, 0.1) is 0 Å². The van der Waals surface area contributed by atoms with Gasteiger partial charge in [-0.15, -0.1) is 0 Å². The third-order valence-electron chi connectivity index (χ3n) is 5.27. The largest absolute Gasteiger partial charge is 0.392 e. The monoisotopic (exact) mass is 330 g/mol. The zero-order chi connectivity index (χ0) is 17.1. The van der Waals surface area contributed by atoms with Gasteiger partial charge in [0.2, 0.25) is 11.8 Å². The molecular formula is C19H26N2O3. The number of carbonyl (C=O) groups excluding carboxylic acids is 2. The molecule has 1 aromatic carbocycles. The molecule has 5 nitrogen and oxygen atoms in total. The van der Waals surface area contributed by atoms with Crippen LogP contribution in [0.25, 0.3) is 0 Å². The summed E-state index contributed by atoms with van der Waals surface area (Å²) < 4.78 is 0. The maximum absolute atomic E-state index is 11.9. The number of hydrogen-bond donors (Lipinski definition) is 2. The average Bonchev–Trinajstić information content (AvgIpc) is 2.94. The minimum atomic E-state index is 0.00518. The molecule has 2 fully saturated rings. The Kier molecular flexibility index (Phi) is 5.31. The third-order valence-corrected chi connectivity index (χ3v) is 5.27. The molecule has 1 unspecified atom stereocenters. The molecule has 1 aliphatic heterocycles. The fraction of sp³-hybridized carbons (Fsp3) is 0.579. The molecule has 3 rings (SSSR count). The van der Waals surface area contributed by atoms with Gasteiger partial charge in [-0.05, 0) is 43.7 Å². The van der Waals surface area contributed by atoms with E-state index in [0.717, 1.165) is 31.2 Å². The Hall–Kier alpha value is -1.72. The molecule has 24 heavy (non-hydrogen) atoms. The van der Waals surface area contributed by atoms with Crippen molar-refractivity contribution in [1.82, 2.24) is 10.2 Å². The van der Waals surface area contributed by atoms with E-state index >= 15 is 0 Å². The summed E-state index contributed by atoms with van der Waals surface area (Å²) in [6.07, 6.45) is 4.50. The highest BCUT2D eigenvalue weighted by Crippen LogP contribution is 2.28. The highest BCUT2D eigenvalue weighted by atomic mass is 16.3. The molecule has 2 amide bonds. The Labute approximate surface area is 143 Å². The molecule has 130 valence electrons. The molecule has 1 heterocycles. The number of hydrogen-bond acceptors (Lipinski definition) is 4. The zero-order valence-electron chi connectivity index (χ0n) is 14.2. The van der Waals surface area contributed by atoms with E-state index in [2.05, 4.69) is 18.3 Å². The second-order valence-electron chi connectivity index (χ2n) is 6.95. The van der Waals surface area contributed by atoms with Crippen molar-refractivity contribution in [1.29, 1.82) is 0 Å². The van der Waals surface area contributed by atoms with Crippen LogP contribution >= 0.6 is 0 Å². The van der Waals surface area contributed by atoms with E-state index in [1.54, 1.807) is 0 Å². The predicted molar refractivity (Wildman–Crippen MR) is 91.0 cm³/mol. The molecule has 1 saturated heterocycles. The van der Waals surface area contributed by atoms with E-state index in [9.17, 15) is 14.7 Å². The number of rotatable bonds is 5. The summed E-state index contributed by atoms with van der Waals surface area (Å²) in [5.74, 6) is 0.0104. The standard InChI is InChI=1S/C19H26N2O3/c1-13(15-4-2-3-14(11-15)12-22)20-16-5-7-17(8-6-16)21-18(23)9-10-19(21)24/h2-4,11,13,16-17,20,22H,5-10,12H2,1H3. The fourth-order valence-corrected chi connectivity index (χ4v) is 3.91. The Bertz CT molecular complexity index is 592. The molecule has 0 spiro atoms. The van der Waals surface area contributed by atoms with Crippen LogP contribution in [-0.4, -0.2) is 33.9 Å². The van der Waals surface area contributed by atoms with Crippen molar-refractivity contribution in [2.75, 3.05) is 0 Å². The molecule has 1 aromatic rings. The summed E-state index contributed by atoms with van der Waals surface area (Å²) in [5.41, 5.74) is 2.10. The average molecular weight is 330 g/mol. The van der Waals surface area contributed by atoms with Crippen LogP contribution < -0.4 is 5.32 Å². The summed E-state index contributed by atoms with van der Waals surface area (Å²) in [5, 5.41) is 12.9. The molecule has 2 N–H and O–H groups in total. The number of aliphatic hydroxyl groups is 1. The van der Waals surface area contributed by atoms with Gasteiger partial charge in [-0.2, -0.15) is 0 Å².